The zero-order chi connectivity index (χ0) is 15.2. The summed E-state index contributed by atoms with van der Waals surface area (Å²) >= 11 is 3.40. The van der Waals surface area contributed by atoms with Gasteiger partial charge in [-0.05, 0) is 28.1 Å². The van der Waals surface area contributed by atoms with Gasteiger partial charge in [-0.25, -0.2) is 0 Å². The quantitative estimate of drug-likeness (QED) is 0.827. The molecule has 21 heavy (non-hydrogen) atoms. The molecule has 2 rings (SSSR count). The largest absolute Gasteiger partial charge is 0.384 e. The molecule has 1 aromatic carbocycles. The van der Waals surface area contributed by atoms with Gasteiger partial charge in [-0.2, -0.15) is 0 Å². The Morgan fingerprint density at radius 3 is 2.38 bits per heavy atom. The Morgan fingerprint density at radius 2 is 1.76 bits per heavy atom. The lowest BCUT2D eigenvalue weighted by Gasteiger charge is -2.35. The summed E-state index contributed by atoms with van der Waals surface area (Å²) in [5.41, 5.74) is 0.664. The van der Waals surface area contributed by atoms with E-state index in [1.165, 1.54) is 0 Å². The summed E-state index contributed by atoms with van der Waals surface area (Å²) in [4.78, 5) is 27.9. The summed E-state index contributed by atoms with van der Waals surface area (Å²) in [7, 11) is 1.58. The normalized spacial score (nSPS) is 15.1. The fraction of sp³-hybridized carbons (Fsp3) is 0.467. The standard InChI is InChI=1S/C15H19BrN2O3/c1-21-11-6-14(19)17-7-9-18(10-8-17)15(20)12-4-2-3-5-13(12)16/h2-5H,6-11H2,1H3. The van der Waals surface area contributed by atoms with Crippen molar-refractivity contribution in [2.45, 2.75) is 6.42 Å². The number of hydrogen-bond donors (Lipinski definition) is 0. The van der Waals surface area contributed by atoms with E-state index in [0.717, 1.165) is 4.47 Å². The molecular formula is C15H19BrN2O3. The summed E-state index contributed by atoms with van der Waals surface area (Å²) in [5, 5.41) is 0. The number of ether oxygens (including phenoxy) is 1. The van der Waals surface area contributed by atoms with Gasteiger partial charge in [0.2, 0.25) is 5.91 Å². The third-order valence-corrected chi connectivity index (χ3v) is 4.24. The van der Waals surface area contributed by atoms with Crippen LogP contribution < -0.4 is 0 Å². The van der Waals surface area contributed by atoms with Crippen molar-refractivity contribution in [1.82, 2.24) is 9.80 Å². The van der Waals surface area contributed by atoms with Crippen LogP contribution in [-0.4, -0.2) is 61.5 Å². The number of benzene rings is 1. The number of carbonyl (C=O) groups excluding carboxylic acids is 2. The minimum Gasteiger partial charge on any atom is -0.384 e. The van der Waals surface area contributed by atoms with Gasteiger partial charge < -0.3 is 14.5 Å². The van der Waals surface area contributed by atoms with Gasteiger partial charge in [-0.15, -0.1) is 0 Å². The van der Waals surface area contributed by atoms with Crippen molar-refractivity contribution < 1.29 is 14.3 Å². The Hall–Kier alpha value is -1.40. The van der Waals surface area contributed by atoms with Crippen LogP contribution >= 0.6 is 15.9 Å². The second-order valence-corrected chi connectivity index (χ2v) is 5.75. The molecule has 0 saturated carbocycles. The molecule has 5 nitrogen and oxygen atoms in total. The fourth-order valence-electron chi connectivity index (χ4n) is 2.31. The van der Waals surface area contributed by atoms with Crippen molar-refractivity contribution in [3.8, 4) is 0 Å². The van der Waals surface area contributed by atoms with Gasteiger partial charge in [0.15, 0.2) is 0 Å². The molecule has 0 radical (unpaired) electrons. The number of halogens is 1. The van der Waals surface area contributed by atoms with Gasteiger partial charge in [0, 0.05) is 37.8 Å². The van der Waals surface area contributed by atoms with Crippen molar-refractivity contribution in [2.75, 3.05) is 39.9 Å². The Bertz CT molecular complexity index is 513. The molecule has 1 fully saturated rings. The first kappa shape index (κ1) is 16.0. The second kappa shape index (κ2) is 7.56. The van der Waals surface area contributed by atoms with Gasteiger partial charge in [0.25, 0.3) is 5.91 Å². The summed E-state index contributed by atoms with van der Waals surface area (Å²) in [6, 6.07) is 7.40. The molecule has 6 heteroatoms. The van der Waals surface area contributed by atoms with Gasteiger partial charge in [-0.1, -0.05) is 12.1 Å². The summed E-state index contributed by atoms with van der Waals surface area (Å²) in [6.45, 7) is 2.74. The highest BCUT2D eigenvalue weighted by molar-refractivity contribution is 9.10. The summed E-state index contributed by atoms with van der Waals surface area (Å²) in [6.07, 6.45) is 0.397. The van der Waals surface area contributed by atoms with Crippen molar-refractivity contribution in [3.63, 3.8) is 0 Å². The fourth-order valence-corrected chi connectivity index (χ4v) is 2.77. The van der Waals surface area contributed by atoms with Gasteiger partial charge in [0.05, 0.1) is 18.6 Å². The highest BCUT2D eigenvalue weighted by Gasteiger charge is 2.25. The van der Waals surface area contributed by atoms with E-state index in [9.17, 15) is 9.59 Å². The molecule has 0 spiro atoms. The molecule has 2 amide bonds. The molecule has 114 valence electrons. The van der Waals surface area contributed by atoms with Crippen LogP contribution in [0.15, 0.2) is 28.7 Å². The second-order valence-electron chi connectivity index (χ2n) is 4.90. The minimum absolute atomic E-state index is 0.00599. The smallest absolute Gasteiger partial charge is 0.255 e. The van der Waals surface area contributed by atoms with E-state index in [2.05, 4.69) is 15.9 Å². The molecule has 0 aromatic heterocycles. The number of amides is 2. The lowest BCUT2D eigenvalue weighted by Crippen LogP contribution is -2.50. The minimum atomic E-state index is 0.00599. The number of carbonyl (C=O) groups is 2. The lowest BCUT2D eigenvalue weighted by molar-refractivity contribution is -0.133. The Morgan fingerprint density at radius 1 is 1.14 bits per heavy atom. The molecule has 0 atom stereocenters. The van der Waals surface area contributed by atoms with Crippen LogP contribution in [0.5, 0.6) is 0 Å². The predicted molar refractivity (Wildman–Crippen MR) is 83.1 cm³/mol. The zero-order valence-electron chi connectivity index (χ0n) is 12.0. The summed E-state index contributed by atoms with van der Waals surface area (Å²) < 4.78 is 5.72. The average molecular weight is 355 g/mol. The number of methoxy groups -OCH3 is 1. The van der Waals surface area contributed by atoms with Crippen LogP contribution in [0.4, 0.5) is 0 Å². The van der Waals surface area contributed by atoms with Crippen LogP contribution in [0.2, 0.25) is 0 Å². The third kappa shape index (κ3) is 4.04. The first-order valence-electron chi connectivity index (χ1n) is 6.94. The lowest BCUT2D eigenvalue weighted by atomic mass is 10.2. The SMILES string of the molecule is COCCC(=O)N1CCN(C(=O)c2ccccc2Br)CC1. The van der Waals surface area contributed by atoms with Crippen molar-refractivity contribution in [1.29, 1.82) is 0 Å². The Kier molecular flexibility index (Phi) is 5.76. The molecule has 1 aliphatic rings. The number of hydrogen-bond acceptors (Lipinski definition) is 3. The topological polar surface area (TPSA) is 49.9 Å². The molecule has 1 aliphatic heterocycles. The van der Waals surface area contributed by atoms with Gasteiger partial charge >= 0.3 is 0 Å². The highest BCUT2D eigenvalue weighted by atomic mass is 79.9. The van der Waals surface area contributed by atoms with E-state index in [0.29, 0.717) is 44.8 Å². The summed E-state index contributed by atoms with van der Waals surface area (Å²) in [5.74, 6) is 0.0938. The van der Waals surface area contributed by atoms with Gasteiger partial charge in [-0.3, -0.25) is 9.59 Å². The molecule has 0 N–H and O–H groups in total. The maximum atomic E-state index is 12.4. The predicted octanol–water partition coefficient (Wildman–Crippen LogP) is 1.77. The average Bonchev–Trinajstić information content (AvgIpc) is 2.52. The van der Waals surface area contributed by atoms with E-state index < -0.39 is 0 Å². The Labute approximate surface area is 133 Å². The zero-order valence-corrected chi connectivity index (χ0v) is 13.6. The van der Waals surface area contributed by atoms with E-state index in [1.54, 1.807) is 16.9 Å². The van der Waals surface area contributed by atoms with E-state index in [1.807, 2.05) is 24.3 Å². The number of piperazine rings is 1. The molecule has 1 heterocycles. The first-order valence-corrected chi connectivity index (χ1v) is 7.73. The van der Waals surface area contributed by atoms with Crippen LogP contribution in [0.3, 0.4) is 0 Å². The maximum Gasteiger partial charge on any atom is 0.255 e. The third-order valence-electron chi connectivity index (χ3n) is 3.54. The van der Waals surface area contributed by atoms with Crippen LogP contribution in [0.1, 0.15) is 16.8 Å². The van der Waals surface area contributed by atoms with Crippen LogP contribution in [-0.2, 0) is 9.53 Å². The molecule has 0 aliphatic carbocycles. The van der Waals surface area contributed by atoms with Crippen molar-refractivity contribution >= 4 is 27.7 Å². The Balaban J connectivity index is 1.91. The number of nitrogens with zero attached hydrogens (tertiary/aromatic N) is 2. The molecular weight excluding hydrogens is 336 g/mol. The molecule has 1 aromatic rings. The van der Waals surface area contributed by atoms with Crippen LogP contribution in [0, 0.1) is 0 Å². The maximum absolute atomic E-state index is 12.4. The van der Waals surface area contributed by atoms with E-state index in [-0.39, 0.29) is 11.8 Å². The van der Waals surface area contributed by atoms with Crippen molar-refractivity contribution in [3.05, 3.63) is 34.3 Å². The monoisotopic (exact) mass is 354 g/mol. The highest BCUT2D eigenvalue weighted by Crippen LogP contribution is 2.18. The first-order chi connectivity index (χ1) is 10.1. The van der Waals surface area contributed by atoms with Crippen molar-refractivity contribution in [2.24, 2.45) is 0 Å². The van der Waals surface area contributed by atoms with Crippen LogP contribution in [0.25, 0.3) is 0 Å². The molecule has 1 saturated heterocycles. The van der Waals surface area contributed by atoms with E-state index in [4.69, 9.17) is 4.74 Å². The molecule has 0 bridgehead atoms. The molecule has 0 unspecified atom stereocenters. The number of rotatable bonds is 4. The van der Waals surface area contributed by atoms with Gasteiger partial charge in [0.1, 0.15) is 0 Å². The van der Waals surface area contributed by atoms with E-state index >= 15 is 0 Å².